The van der Waals surface area contributed by atoms with Gasteiger partial charge in [0.25, 0.3) is 0 Å². The highest BCUT2D eigenvalue weighted by Gasteiger charge is 2.07. The van der Waals surface area contributed by atoms with Crippen molar-refractivity contribution < 1.29 is 13.9 Å². The number of aliphatic imine (C=N–C) groups is 1. The van der Waals surface area contributed by atoms with Gasteiger partial charge in [-0.1, -0.05) is 18.2 Å². The molecule has 178 valence electrons. The molecule has 3 rings (SSSR count). The van der Waals surface area contributed by atoms with Gasteiger partial charge < -0.3 is 24.5 Å². The lowest BCUT2D eigenvalue weighted by molar-refractivity contribution is 0.242. The third-order valence-corrected chi connectivity index (χ3v) is 4.56. The number of aromatic nitrogens is 1. The van der Waals surface area contributed by atoms with E-state index >= 15 is 0 Å². The van der Waals surface area contributed by atoms with Crippen LogP contribution in [0.15, 0.2) is 64.0 Å². The third kappa shape index (κ3) is 9.33. The number of guanidine groups is 1. The molecule has 2 aromatic carbocycles. The van der Waals surface area contributed by atoms with E-state index < -0.39 is 0 Å². The molecule has 3 aromatic rings. The van der Waals surface area contributed by atoms with Crippen molar-refractivity contribution in [1.29, 1.82) is 0 Å². The van der Waals surface area contributed by atoms with Gasteiger partial charge in [0, 0.05) is 12.2 Å². The molecule has 0 amide bonds. The van der Waals surface area contributed by atoms with E-state index in [1.165, 1.54) is 0 Å². The number of benzene rings is 2. The van der Waals surface area contributed by atoms with Crippen LogP contribution in [0.2, 0.25) is 0 Å². The van der Waals surface area contributed by atoms with Crippen molar-refractivity contribution in [2.45, 2.75) is 46.8 Å². The summed E-state index contributed by atoms with van der Waals surface area (Å²) in [5, 5.41) is 6.68. The average molecular weight is 564 g/mol. The number of nitrogens with one attached hydrogen (secondary N) is 2. The summed E-state index contributed by atoms with van der Waals surface area (Å²) < 4.78 is 17.1. The van der Waals surface area contributed by atoms with Crippen molar-refractivity contribution in [3.05, 3.63) is 71.9 Å². The molecule has 0 aliphatic rings. The molecule has 8 heteroatoms. The number of hydrogen-bond acceptors (Lipinski definition) is 5. The van der Waals surface area contributed by atoms with E-state index in [-0.39, 0.29) is 30.1 Å². The summed E-state index contributed by atoms with van der Waals surface area (Å²) in [6.45, 7) is 9.51. The molecule has 2 N–H and O–H groups in total. The van der Waals surface area contributed by atoms with Gasteiger partial charge in [0.2, 0.25) is 5.89 Å². The van der Waals surface area contributed by atoms with E-state index in [9.17, 15) is 0 Å². The lowest BCUT2D eigenvalue weighted by atomic mass is 10.3. The maximum Gasteiger partial charge on any atom is 0.216 e. The highest BCUT2D eigenvalue weighted by molar-refractivity contribution is 14.0. The maximum atomic E-state index is 5.76. The quantitative estimate of drug-likeness (QED) is 0.142. The molecule has 33 heavy (non-hydrogen) atoms. The van der Waals surface area contributed by atoms with Crippen LogP contribution in [0, 0.1) is 13.8 Å². The molecule has 0 atom stereocenters. The van der Waals surface area contributed by atoms with E-state index in [0.29, 0.717) is 31.5 Å². The zero-order chi connectivity index (χ0) is 22.8. The number of rotatable bonds is 10. The summed E-state index contributed by atoms with van der Waals surface area (Å²) in [5.41, 5.74) is 1.80. The molecule has 1 aromatic heterocycles. The molecule has 7 nitrogen and oxygen atoms in total. The van der Waals surface area contributed by atoms with Gasteiger partial charge in [-0.15, -0.1) is 24.0 Å². The van der Waals surface area contributed by atoms with Crippen LogP contribution in [0.25, 0.3) is 0 Å². The van der Waals surface area contributed by atoms with E-state index in [1.807, 2.05) is 82.3 Å². The number of aryl methyl sites for hydroxylation is 2. The van der Waals surface area contributed by atoms with Crippen molar-refractivity contribution in [2.24, 2.45) is 4.99 Å². The van der Waals surface area contributed by atoms with Crippen molar-refractivity contribution >= 4 is 35.6 Å². The minimum atomic E-state index is 0. The Balaban J connectivity index is 0.00000385. The number of ether oxygens (including phenoxy) is 2. The first-order chi connectivity index (χ1) is 15.5. The molecule has 0 spiro atoms. The van der Waals surface area contributed by atoms with Crippen LogP contribution in [-0.4, -0.2) is 30.2 Å². The fourth-order valence-electron chi connectivity index (χ4n) is 2.90. The van der Waals surface area contributed by atoms with Gasteiger partial charge in [-0.25, -0.2) is 9.98 Å². The van der Waals surface area contributed by atoms with E-state index in [0.717, 1.165) is 35.1 Å². The van der Waals surface area contributed by atoms with Crippen LogP contribution in [0.5, 0.6) is 11.5 Å². The van der Waals surface area contributed by atoms with Crippen LogP contribution in [0.1, 0.15) is 37.6 Å². The summed E-state index contributed by atoms with van der Waals surface area (Å²) in [7, 11) is 0. The smallest absolute Gasteiger partial charge is 0.216 e. The Morgan fingerprint density at radius 3 is 2.39 bits per heavy atom. The first-order valence-corrected chi connectivity index (χ1v) is 10.9. The van der Waals surface area contributed by atoms with Gasteiger partial charge in [-0.05, 0) is 70.5 Å². The molecule has 0 radical (unpaired) electrons. The summed E-state index contributed by atoms with van der Waals surface area (Å²) in [4.78, 5) is 9.04. The maximum absolute atomic E-state index is 5.76. The van der Waals surface area contributed by atoms with Gasteiger partial charge in [0.05, 0.1) is 18.4 Å². The van der Waals surface area contributed by atoms with Crippen molar-refractivity contribution in [3.63, 3.8) is 0 Å². The molecule has 0 saturated carbocycles. The van der Waals surface area contributed by atoms with Crippen molar-refractivity contribution in [2.75, 3.05) is 18.5 Å². The monoisotopic (exact) mass is 564 g/mol. The molecule has 0 aliphatic carbocycles. The lowest BCUT2D eigenvalue weighted by Crippen LogP contribution is -2.32. The second kappa shape index (κ2) is 13.7. The summed E-state index contributed by atoms with van der Waals surface area (Å²) >= 11 is 0. The highest BCUT2D eigenvalue weighted by Crippen LogP contribution is 2.17. The minimum absolute atomic E-state index is 0. The fourth-order valence-corrected chi connectivity index (χ4v) is 2.90. The van der Waals surface area contributed by atoms with Crippen LogP contribution >= 0.6 is 24.0 Å². The zero-order valence-corrected chi connectivity index (χ0v) is 22.0. The number of nitrogens with zero attached hydrogens (tertiary/aromatic N) is 2. The second-order valence-corrected chi connectivity index (χ2v) is 7.67. The first-order valence-electron chi connectivity index (χ1n) is 10.9. The molecule has 0 aliphatic heterocycles. The normalized spacial score (nSPS) is 11.1. The Morgan fingerprint density at radius 1 is 1.03 bits per heavy atom. The van der Waals surface area contributed by atoms with Crippen LogP contribution in [0.4, 0.5) is 5.69 Å². The number of halogens is 1. The standard InChI is InChI=1S/C25H32N4O3.HI/c1-18(2)31-23-13-11-21(12-14-23)29-25(27-17-24-28-19(3)20(4)32-24)26-15-8-16-30-22-9-6-5-7-10-22;/h5-7,9-14,18H,8,15-17H2,1-4H3,(H2,26,27,29);1H. The molecule has 1 heterocycles. The zero-order valence-electron chi connectivity index (χ0n) is 19.6. The lowest BCUT2D eigenvalue weighted by Gasteiger charge is -2.14. The van der Waals surface area contributed by atoms with Crippen LogP contribution < -0.4 is 20.1 Å². The Kier molecular flexibility index (Phi) is 11.0. The number of anilines is 1. The number of para-hydroxylation sites is 1. The largest absolute Gasteiger partial charge is 0.494 e. The predicted octanol–water partition coefficient (Wildman–Crippen LogP) is 5.72. The molecule has 0 fully saturated rings. The average Bonchev–Trinajstić information content (AvgIpc) is 3.10. The van der Waals surface area contributed by atoms with E-state index in [2.05, 4.69) is 20.6 Å². The Morgan fingerprint density at radius 2 is 1.76 bits per heavy atom. The molecule has 0 unspecified atom stereocenters. The van der Waals surface area contributed by atoms with Crippen LogP contribution in [-0.2, 0) is 6.54 Å². The van der Waals surface area contributed by atoms with Crippen LogP contribution in [0.3, 0.4) is 0 Å². The Bertz CT molecular complexity index is 969. The summed E-state index contributed by atoms with van der Waals surface area (Å²) in [6, 6.07) is 17.6. The molecule has 0 bridgehead atoms. The van der Waals surface area contributed by atoms with Gasteiger partial charge in [0.1, 0.15) is 23.8 Å². The third-order valence-electron chi connectivity index (χ3n) is 4.56. The van der Waals surface area contributed by atoms with Crippen molar-refractivity contribution in [1.82, 2.24) is 10.3 Å². The topological polar surface area (TPSA) is 80.9 Å². The highest BCUT2D eigenvalue weighted by atomic mass is 127. The van der Waals surface area contributed by atoms with Gasteiger partial charge in [-0.2, -0.15) is 0 Å². The van der Waals surface area contributed by atoms with Gasteiger partial charge in [-0.3, -0.25) is 0 Å². The Labute approximate surface area is 213 Å². The second-order valence-electron chi connectivity index (χ2n) is 7.67. The van der Waals surface area contributed by atoms with Gasteiger partial charge >= 0.3 is 0 Å². The first kappa shape index (κ1) is 26.5. The van der Waals surface area contributed by atoms with Crippen molar-refractivity contribution in [3.8, 4) is 11.5 Å². The Hall–Kier alpha value is -2.75. The van der Waals surface area contributed by atoms with E-state index in [1.54, 1.807) is 0 Å². The molecular weight excluding hydrogens is 531 g/mol. The summed E-state index contributed by atoms with van der Waals surface area (Å²) in [5.74, 6) is 3.76. The summed E-state index contributed by atoms with van der Waals surface area (Å²) in [6.07, 6.45) is 0.965. The van der Waals surface area contributed by atoms with E-state index in [4.69, 9.17) is 13.9 Å². The molecule has 0 saturated heterocycles. The molecular formula is C25H33IN4O3. The SMILES string of the molecule is Cc1nc(CN=C(NCCCOc2ccccc2)Nc2ccc(OC(C)C)cc2)oc1C.I. The van der Waals surface area contributed by atoms with Gasteiger partial charge in [0.15, 0.2) is 5.96 Å². The minimum Gasteiger partial charge on any atom is -0.494 e. The fraction of sp³-hybridized carbons (Fsp3) is 0.360. The number of oxazole rings is 1. The predicted molar refractivity (Wildman–Crippen MR) is 143 cm³/mol. The number of hydrogen-bond donors (Lipinski definition) is 2.